The summed E-state index contributed by atoms with van der Waals surface area (Å²) in [7, 11) is 1.88. The van der Waals surface area contributed by atoms with Crippen LogP contribution in [-0.4, -0.2) is 46.4 Å². The molecule has 30 heavy (non-hydrogen) atoms. The summed E-state index contributed by atoms with van der Waals surface area (Å²) < 4.78 is 4.69. The number of aromatic nitrogens is 7. The van der Waals surface area contributed by atoms with Crippen molar-refractivity contribution in [3.05, 3.63) is 54.4 Å². The van der Waals surface area contributed by atoms with Crippen molar-refractivity contribution in [1.29, 1.82) is 0 Å². The second kappa shape index (κ2) is 7.84. The van der Waals surface area contributed by atoms with E-state index in [0.29, 0.717) is 16.8 Å². The second-order valence-electron chi connectivity index (χ2n) is 6.52. The number of fused-ring (bicyclic) bond motifs is 2. The average molecular weight is 437 g/mol. The van der Waals surface area contributed by atoms with Gasteiger partial charge in [-0.3, -0.25) is 4.79 Å². The Bertz CT molecular complexity index is 1320. The molecule has 0 fully saturated rings. The number of carbonyl (C=O) groups is 1. The molecule has 0 aliphatic rings. The Morgan fingerprint density at radius 1 is 1.07 bits per heavy atom. The number of nitrogens with one attached hydrogen (secondary N) is 1. The van der Waals surface area contributed by atoms with Gasteiger partial charge < -0.3 is 9.88 Å². The summed E-state index contributed by atoms with van der Waals surface area (Å²) in [6, 6.07) is 15.6. The standard InChI is InChI=1S/C19H16N8OS2/c1-26-16(10-27-14-8-4-2-6-12(14)22-25-27)23-24-19(26)29-11-17(28)21-18-20-13-7-3-5-9-15(13)30-18/h2-9H,10-11H2,1H3,(H,20,21,28). The van der Waals surface area contributed by atoms with Crippen molar-refractivity contribution in [2.24, 2.45) is 7.05 Å². The fraction of sp³-hybridized carbons (Fsp3) is 0.158. The van der Waals surface area contributed by atoms with E-state index in [1.165, 1.54) is 23.1 Å². The van der Waals surface area contributed by atoms with Gasteiger partial charge in [-0.1, -0.05) is 52.6 Å². The fourth-order valence-electron chi connectivity index (χ4n) is 2.99. The summed E-state index contributed by atoms with van der Waals surface area (Å²) in [5.74, 6) is 0.819. The first-order valence-electron chi connectivity index (χ1n) is 9.12. The van der Waals surface area contributed by atoms with Gasteiger partial charge in [0.25, 0.3) is 0 Å². The molecule has 1 N–H and O–H groups in total. The minimum Gasteiger partial charge on any atom is -0.308 e. The SMILES string of the molecule is Cn1c(Cn2nnc3ccccc32)nnc1SCC(=O)Nc1nc2ccccc2s1. The third-order valence-corrected chi connectivity index (χ3v) is 6.48. The number of benzene rings is 2. The van der Waals surface area contributed by atoms with Gasteiger partial charge in [-0.2, -0.15) is 0 Å². The molecular weight excluding hydrogens is 420 g/mol. The number of anilines is 1. The van der Waals surface area contributed by atoms with Crippen molar-refractivity contribution in [3.63, 3.8) is 0 Å². The molecule has 0 aliphatic carbocycles. The largest absolute Gasteiger partial charge is 0.308 e. The number of amides is 1. The van der Waals surface area contributed by atoms with Gasteiger partial charge >= 0.3 is 0 Å². The number of hydrogen-bond donors (Lipinski definition) is 1. The van der Waals surface area contributed by atoms with Gasteiger partial charge in [0.2, 0.25) is 5.91 Å². The molecule has 3 heterocycles. The van der Waals surface area contributed by atoms with Gasteiger partial charge in [0.1, 0.15) is 12.1 Å². The second-order valence-corrected chi connectivity index (χ2v) is 8.49. The number of rotatable bonds is 6. The van der Waals surface area contributed by atoms with Crippen LogP contribution in [0.3, 0.4) is 0 Å². The monoisotopic (exact) mass is 436 g/mol. The van der Waals surface area contributed by atoms with E-state index in [0.717, 1.165) is 27.1 Å². The Hall–Kier alpha value is -3.31. The molecule has 0 radical (unpaired) electrons. The molecule has 5 aromatic rings. The van der Waals surface area contributed by atoms with E-state index in [2.05, 4.69) is 30.8 Å². The molecule has 1 amide bonds. The Labute approximate surface area is 179 Å². The van der Waals surface area contributed by atoms with Crippen LogP contribution in [0, 0.1) is 0 Å². The third-order valence-electron chi connectivity index (χ3n) is 4.51. The molecule has 0 atom stereocenters. The van der Waals surface area contributed by atoms with Crippen molar-refractivity contribution in [2.75, 3.05) is 11.1 Å². The summed E-state index contributed by atoms with van der Waals surface area (Å²) in [5, 5.41) is 20.9. The third kappa shape index (κ3) is 3.64. The first-order chi connectivity index (χ1) is 14.7. The molecule has 5 rings (SSSR count). The van der Waals surface area contributed by atoms with E-state index in [9.17, 15) is 4.79 Å². The molecule has 0 saturated carbocycles. The van der Waals surface area contributed by atoms with Crippen LogP contribution < -0.4 is 5.32 Å². The molecule has 0 spiro atoms. The highest BCUT2D eigenvalue weighted by Crippen LogP contribution is 2.26. The molecule has 2 aromatic carbocycles. The van der Waals surface area contributed by atoms with Gasteiger partial charge in [0.15, 0.2) is 16.1 Å². The molecule has 0 unspecified atom stereocenters. The van der Waals surface area contributed by atoms with Crippen LogP contribution in [0.25, 0.3) is 21.3 Å². The minimum atomic E-state index is -0.133. The van der Waals surface area contributed by atoms with E-state index in [-0.39, 0.29) is 11.7 Å². The number of thioether (sulfide) groups is 1. The lowest BCUT2D eigenvalue weighted by molar-refractivity contribution is -0.113. The highest BCUT2D eigenvalue weighted by atomic mass is 32.2. The summed E-state index contributed by atoms with van der Waals surface area (Å²) >= 11 is 2.78. The molecule has 3 aromatic heterocycles. The van der Waals surface area contributed by atoms with E-state index < -0.39 is 0 Å². The molecule has 0 saturated heterocycles. The minimum absolute atomic E-state index is 0.133. The van der Waals surface area contributed by atoms with Crippen LogP contribution in [0.1, 0.15) is 5.82 Å². The van der Waals surface area contributed by atoms with E-state index in [1.54, 1.807) is 4.68 Å². The lowest BCUT2D eigenvalue weighted by atomic mass is 10.3. The maximum atomic E-state index is 12.3. The van der Waals surface area contributed by atoms with Gasteiger partial charge in [-0.25, -0.2) is 9.67 Å². The highest BCUT2D eigenvalue weighted by molar-refractivity contribution is 7.99. The predicted octanol–water partition coefficient (Wildman–Crippen LogP) is 2.95. The Morgan fingerprint density at radius 3 is 2.73 bits per heavy atom. The normalized spacial score (nSPS) is 11.4. The van der Waals surface area contributed by atoms with Crippen molar-refractivity contribution >= 4 is 55.4 Å². The quantitative estimate of drug-likeness (QED) is 0.408. The van der Waals surface area contributed by atoms with Crippen molar-refractivity contribution < 1.29 is 4.79 Å². The number of para-hydroxylation sites is 2. The topological polar surface area (TPSA) is 103 Å². The molecule has 150 valence electrons. The lowest BCUT2D eigenvalue weighted by Gasteiger charge is -2.04. The van der Waals surface area contributed by atoms with Gasteiger partial charge in [-0.15, -0.1) is 15.3 Å². The first-order valence-corrected chi connectivity index (χ1v) is 10.9. The summed E-state index contributed by atoms with van der Waals surface area (Å²) in [6.07, 6.45) is 0. The Kier molecular flexibility index (Phi) is 4.89. The maximum Gasteiger partial charge on any atom is 0.236 e. The van der Waals surface area contributed by atoms with E-state index in [1.807, 2.05) is 60.1 Å². The number of thiazole rings is 1. The van der Waals surface area contributed by atoms with Crippen molar-refractivity contribution in [2.45, 2.75) is 11.7 Å². The zero-order valence-corrected chi connectivity index (χ0v) is 17.5. The summed E-state index contributed by atoms with van der Waals surface area (Å²) in [6.45, 7) is 0.447. The van der Waals surface area contributed by atoms with Gasteiger partial charge in [0, 0.05) is 7.05 Å². The zero-order chi connectivity index (χ0) is 20.5. The highest BCUT2D eigenvalue weighted by Gasteiger charge is 2.14. The lowest BCUT2D eigenvalue weighted by Crippen LogP contribution is -2.14. The summed E-state index contributed by atoms with van der Waals surface area (Å²) in [5.41, 5.74) is 2.65. The fourth-order valence-corrected chi connectivity index (χ4v) is 4.60. The van der Waals surface area contributed by atoms with Crippen LogP contribution in [0.5, 0.6) is 0 Å². The van der Waals surface area contributed by atoms with Crippen molar-refractivity contribution in [3.8, 4) is 0 Å². The van der Waals surface area contributed by atoms with E-state index >= 15 is 0 Å². The number of carbonyl (C=O) groups excluding carboxylic acids is 1. The van der Waals surface area contributed by atoms with Gasteiger partial charge in [0.05, 0.1) is 21.5 Å². The number of nitrogens with zero attached hydrogens (tertiary/aromatic N) is 7. The number of hydrogen-bond acceptors (Lipinski definition) is 8. The van der Waals surface area contributed by atoms with Crippen LogP contribution in [0.4, 0.5) is 5.13 Å². The van der Waals surface area contributed by atoms with Gasteiger partial charge in [-0.05, 0) is 24.3 Å². The first kappa shape index (κ1) is 18.7. The molecule has 9 nitrogen and oxygen atoms in total. The van der Waals surface area contributed by atoms with Crippen LogP contribution in [0.15, 0.2) is 53.7 Å². The zero-order valence-electron chi connectivity index (χ0n) is 15.9. The smallest absolute Gasteiger partial charge is 0.236 e. The molecule has 11 heteroatoms. The molecular formula is C19H16N8OS2. The maximum absolute atomic E-state index is 12.3. The van der Waals surface area contributed by atoms with Crippen LogP contribution in [-0.2, 0) is 18.4 Å². The Morgan fingerprint density at radius 2 is 1.87 bits per heavy atom. The van der Waals surface area contributed by atoms with Crippen LogP contribution >= 0.6 is 23.1 Å². The van der Waals surface area contributed by atoms with Crippen LogP contribution in [0.2, 0.25) is 0 Å². The average Bonchev–Trinajstić information content (AvgIpc) is 3.44. The molecule has 0 aliphatic heterocycles. The Balaban J connectivity index is 1.23. The molecule has 0 bridgehead atoms. The van der Waals surface area contributed by atoms with E-state index in [4.69, 9.17) is 0 Å². The van der Waals surface area contributed by atoms with Crippen molar-refractivity contribution in [1.82, 2.24) is 34.7 Å². The predicted molar refractivity (Wildman–Crippen MR) is 117 cm³/mol. The summed E-state index contributed by atoms with van der Waals surface area (Å²) in [4.78, 5) is 16.8.